The van der Waals surface area contributed by atoms with Gasteiger partial charge < -0.3 is 24.8 Å². The van der Waals surface area contributed by atoms with Crippen LogP contribution in [-0.4, -0.2) is 43.2 Å². The third kappa shape index (κ3) is 1.88. The summed E-state index contributed by atoms with van der Waals surface area (Å²) in [6.07, 6.45) is 1.93. The summed E-state index contributed by atoms with van der Waals surface area (Å²) >= 11 is 0. The summed E-state index contributed by atoms with van der Waals surface area (Å²) < 4.78 is 0. The maximum Gasteiger partial charge on any atom is 0.125 e. The summed E-state index contributed by atoms with van der Waals surface area (Å²) in [5, 5.41) is 11.8. The highest BCUT2D eigenvalue weighted by molar-refractivity contribution is 5.72. The first-order chi connectivity index (χ1) is 6.78. The van der Waals surface area contributed by atoms with Crippen LogP contribution in [0, 0.1) is 17.8 Å². The van der Waals surface area contributed by atoms with Crippen molar-refractivity contribution in [3.8, 4) is 0 Å². The molecule has 5 heteroatoms. The van der Waals surface area contributed by atoms with Gasteiger partial charge in [0.1, 0.15) is 18.9 Å². The van der Waals surface area contributed by atoms with E-state index in [9.17, 15) is 14.4 Å². The minimum absolute atomic E-state index is 0.209. The van der Waals surface area contributed by atoms with E-state index in [4.69, 9.17) is 5.11 Å². The molecule has 0 aromatic heterocycles. The number of carbonyl (C=O) groups excluding carboxylic acids is 3. The van der Waals surface area contributed by atoms with Gasteiger partial charge in [0.2, 0.25) is 0 Å². The van der Waals surface area contributed by atoms with Gasteiger partial charge in [-0.15, -0.1) is 0 Å². The Hall–Kier alpha value is -1.07. The fourth-order valence-electron chi connectivity index (χ4n) is 1.82. The summed E-state index contributed by atoms with van der Waals surface area (Å²) in [5.41, 5.74) is 0. The first kappa shape index (κ1) is 11.0. The van der Waals surface area contributed by atoms with Crippen LogP contribution in [0.25, 0.3) is 0 Å². The van der Waals surface area contributed by atoms with Crippen molar-refractivity contribution in [1.82, 2.24) is 5.32 Å². The van der Waals surface area contributed by atoms with E-state index in [1.807, 2.05) is 0 Å². The zero-order chi connectivity index (χ0) is 10.6. The van der Waals surface area contributed by atoms with Crippen molar-refractivity contribution in [3.05, 3.63) is 0 Å². The van der Waals surface area contributed by atoms with E-state index in [1.165, 1.54) is 0 Å². The third-order valence-electron chi connectivity index (χ3n) is 2.70. The number of hydrogen-bond acceptors (Lipinski definition) is 5. The van der Waals surface area contributed by atoms with Gasteiger partial charge in [0, 0.05) is 30.3 Å². The molecular formula is C9H13NO4. The van der Waals surface area contributed by atoms with Crippen molar-refractivity contribution in [3.63, 3.8) is 0 Å². The Morgan fingerprint density at radius 1 is 1.14 bits per heavy atom. The monoisotopic (exact) mass is 199 g/mol. The molecule has 1 saturated heterocycles. The summed E-state index contributed by atoms with van der Waals surface area (Å²) in [6, 6.07) is -0.418. The second-order valence-electron chi connectivity index (χ2n) is 3.42. The third-order valence-corrected chi connectivity index (χ3v) is 2.70. The summed E-state index contributed by atoms with van der Waals surface area (Å²) in [4.78, 5) is 32.1. The molecular weight excluding hydrogens is 186 g/mol. The van der Waals surface area contributed by atoms with Gasteiger partial charge in [-0.1, -0.05) is 0 Å². The number of aldehydes is 3. The van der Waals surface area contributed by atoms with Crippen molar-refractivity contribution >= 4 is 18.9 Å². The smallest absolute Gasteiger partial charge is 0.125 e. The zero-order valence-corrected chi connectivity index (χ0v) is 7.63. The van der Waals surface area contributed by atoms with Crippen LogP contribution in [0.4, 0.5) is 0 Å². The lowest BCUT2D eigenvalue weighted by Crippen LogP contribution is -2.54. The second-order valence-corrected chi connectivity index (χ2v) is 3.42. The lowest BCUT2D eigenvalue weighted by atomic mass is 9.76. The molecule has 0 aliphatic carbocycles. The average molecular weight is 199 g/mol. The molecule has 5 nitrogen and oxygen atoms in total. The normalized spacial score (nSPS) is 37.5. The lowest BCUT2D eigenvalue weighted by molar-refractivity contribution is -0.128. The lowest BCUT2D eigenvalue weighted by Gasteiger charge is -2.35. The second kappa shape index (κ2) is 4.97. The van der Waals surface area contributed by atoms with Crippen molar-refractivity contribution in [2.24, 2.45) is 17.8 Å². The predicted octanol–water partition coefficient (Wildman–Crippen LogP) is -1.60. The van der Waals surface area contributed by atoms with Crippen LogP contribution in [-0.2, 0) is 14.4 Å². The van der Waals surface area contributed by atoms with Crippen molar-refractivity contribution in [2.45, 2.75) is 6.04 Å². The predicted molar refractivity (Wildman–Crippen MR) is 47.5 cm³/mol. The standard InChI is InChI=1S/C9H13NO4/c11-2-6-1-10-9(5-14)8(4-13)7(6)3-12/h2-4,6-10,14H,1,5H2. The summed E-state index contributed by atoms with van der Waals surface area (Å²) in [7, 11) is 0. The van der Waals surface area contributed by atoms with Crippen LogP contribution in [0.15, 0.2) is 0 Å². The van der Waals surface area contributed by atoms with Gasteiger partial charge in [0.05, 0.1) is 6.61 Å². The maximum atomic E-state index is 10.7. The van der Waals surface area contributed by atoms with Crippen LogP contribution in [0.3, 0.4) is 0 Å². The molecule has 14 heavy (non-hydrogen) atoms. The Bertz CT molecular complexity index is 231. The molecule has 0 bridgehead atoms. The van der Waals surface area contributed by atoms with Gasteiger partial charge in [-0.05, 0) is 0 Å². The number of nitrogens with one attached hydrogen (secondary N) is 1. The molecule has 2 N–H and O–H groups in total. The molecule has 0 aromatic rings. The molecule has 0 radical (unpaired) electrons. The molecule has 1 aliphatic rings. The van der Waals surface area contributed by atoms with Crippen LogP contribution < -0.4 is 5.32 Å². The fraction of sp³-hybridized carbons (Fsp3) is 0.667. The van der Waals surface area contributed by atoms with Gasteiger partial charge in [0.25, 0.3) is 0 Å². The number of hydrogen-bond donors (Lipinski definition) is 2. The Balaban J connectivity index is 2.82. The van der Waals surface area contributed by atoms with Gasteiger partial charge in [-0.25, -0.2) is 0 Å². The van der Waals surface area contributed by atoms with E-state index in [2.05, 4.69) is 5.32 Å². The molecule has 0 spiro atoms. The molecule has 78 valence electrons. The number of carbonyl (C=O) groups is 3. The van der Waals surface area contributed by atoms with Crippen molar-refractivity contribution in [2.75, 3.05) is 13.2 Å². The molecule has 4 unspecified atom stereocenters. The van der Waals surface area contributed by atoms with E-state index < -0.39 is 23.8 Å². The minimum atomic E-state index is -0.610. The Kier molecular flexibility index (Phi) is 3.91. The fourth-order valence-corrected chi connectivity index (χ4v) is 1.82. The van der Waals surface area contributed by atoms with Gasteiger partial charge >= 0.3 is 0 Å². The van der Waals surface area contributed by atoms with E-state index >= 15 is 0 Å². The molecule has 0 saturated carbocycles. The van der Waals surface area contributed by atoms with Crippen molar-refractivity contribution in [1.29, 1.82) is 0 Å². The van der Waals surface area contributed by atoms with Crippen LogP contribution >= 0.6 is 0 Å². The highest BCUT2D eigenvalue weighted by Crippen LogP contribution is 2.24. The molecule has 0 aromatic carbocycles. The number of rotatable bonds is 4. The Labute approximate surface area is 81.5 Å². The maximum absolute atomic E-state index is 10.7. The van der Waals surface area contributed by atoms with Crippen LogP contribution in [0.1, 0.15) is 0 Å². The SMILES string of the molecule is O=CC1CNC(CO)C(C=O)C1C=O. The largest absolute Gasteiger partial charge is 0.395 e. The summed E-state index contributed by atoms with van der Waals surface area (Å²) in [6.45, 7) is 0.127. The Morgan fingerprint density at radius 3 is 2.21 bits per heavy atom. The molecule has 1 heterocycles. The number of piperidine rings is 1. The first-order valence-corrected chi connectivity index (χ1v) is 4.48. The first-order valence-electron chi connectivity index (χ1n) is 4.48. The highest BCUT2D eigenvalue weighted by Gasteiger charge is 2.38. The van der Waals surface area contributed by atoms with E-state index in [-0.39, 0.29) is 6.61 Å². The molecule has 1 aliphatic heterocycles. The molecule has 4 atom stereocenters. The van der Waals surface area contributed by atoms with Gasteiger partial charge in [-0.3, -0.25) is 0 Å². The quantitative estimate of drug-likeness (QED) is 0.532. The van der Waals surface area contributed by atoms with Gasteiger partial charge in [-0.2, -0.15) is 0 Å². The van der Waals surface area contributed by atoms with Gasteiger partial charge in [0.15, 0.2) is 0 Å². The van der Waals surface area contributed by atoms with Crippen LogP contribution in [0.5, 0.6) is 0 Å². The van der Waals surface area contributed by atoms with E-state index in [0.29, 0.717) is 25.4 Å². The van der Waals surface area contributed by atoms with Crippen LogP contribution in [0.2, 0.25) is 0 Å². The van der Waals surface area contributed by atoms with Crippen molar-refractivity contribution < 1.29 is 19.5 Å². The number of aliphatic hydroxyl groups is 1. The van der Waals surface area contributed by atoms with E-state index in [0.717, 1.165) is 0 Å². The topological polar surface area (TPSA) is 83.5 Å². The molecule has 1 rings (SSSR count). The molecule has 0 amide bonds. The minimum Gasteiger partial charge on any atom is -0.395 e. The average Bonchev–Trinajstić information content (AvgIpc) is 2.26. The zero-order valence-electron chi connectivity index (χ0n) is 7.63. The highest BCUT2D eigenvalue weighted by atomic mass is 16.3. The van der Waals surface area contributed by atoms with E-state index in [1.54, 1.807) is 0 Å². The molecule has 1 fully saturated rings. The summed E-state index contributed by atoms with van der Waals surface area (Å²) in [5.74, 6) is -1.68. The number of aliphatic hydroxyl groups excluding tert-OH is 1. The Morgan fingerprint density at radius 2 is 1.79 bits per heavy atom.